The van der Waals surface area contributed by atoms with Crippen molar-refractivity contribution in [2.24, 2.45) is 5.73 Å². The summed E-state index contributed by atoms with van der Waals surface area (Å²) >= 11 is 1.71. The van der Waals surface area contributed by atoms with Gasteiger partial charge in [0.15, 0.2) is 0 Å². The van der Waals surface area contributed by atoms with E-state index in [0.717, 1.165) is 44.6 Å². The highest BCUT2D eigenvalue weighted by molar-refractivity contribution is 7.98. The average molecular weight is 285 g/mol. The van der Waals surface area contributed by atoms with Crippen molar-refractivity contribution in [1.29, 1.82) is 0 Å². The molecule has 3 N–H and O–H groups in total. The van der Waals surface area contributed by atoms with Crippen molar-refractivity contribution in [3.05, 3.63) is 0 Å². The zero-order chi connectivity index (χ0) is 12.2. The highest BCUT2D eigenvalue weighted by atomic mass is 35.5. The molecule has 4 nitrogen and oxygen atoms in total. The second-order valence-electron chi connectivity index (χ2n) is 3.73. The van der Waals surface area contributed by atoms with Crippen LogP contribution >= 0.6 is 24.2 Å². The van der Waals surface area contributed by atoms with Gasteiger partial charge in [-0.2, -0.15) is 11.8 Å². The van der Waals surface area contributed by atoms with Gasteiger partial charge in [0.05, 0.1) is 6.04 Å². The van der Waals surface area contributed by atoms with Crippen LogP contribution in [0.5, 0.6) is 0 Å². The molecule has 104 valence electrons. The molecule has 0 heterocycles. The molecule has 0 saturated heterocycles. The number of unbranched alkanes of at least 4 members (excludes halogenated alkanes) is 2. The van der Waals surface area contributed by atoms with E-state index in [1.165, 1.54) is 0 Å². The number of thioether (sulfide) groups is 1. The molecular weight excluding hydrogens is 260 g/mol. The largest absolute Gasteiger partial charge is 0.385 e. The Balaban J connectivity index is 0. The molecule has 1 atom stereocenters. The van der Waals surface area contributed by atoms with Crippen molar-refractivity contribution in [2.45, 2.75) is 31.7 Å². The van der Waals surface area contributed by atoms with Crippen molar-refractivity contribution in [2.75, 3.05) is 32.3 Å². The van der Waals surface area contributed by atoms with Crippen LogP contribution in [0, 0.1) is 0 Å². The fraction of sp³-hybridized carbons (Fsp3) is 0.909. The van der Waals surface area contributed by atoms with Gasteiger partial charge in [-0.25, -0.2) is 0 Å². The van der Waals surface area contributed by atoms with Gasteiger partial charge in [0, 0.05) is 20.3 Å². The summed E-state index contributed by atoms with van der Waals surface area (Å²) in [4.78, 5) is 11.5. The van der Waals surface area contributed by atoms with E-state index in [4.69, 9.17) is 10.5 Å². The molecule has 0 fully saturated rings. The number of nitrogens with two attached hydrogens (primary N) is 1. The molecule has 1 amide bonds. The Morgan fingerprint density at radius 3 is 2.71 bits per heavy atom. The fourth-order valence-electron chi connectivity index (χ4n) is 1.27. The first kappa shape index (κ1) is 19.4. The fourth-order valence-corrected chi connectivity index (χ4v) is 1.76. The first-order valence-corrected chi connectivity index (χ1v) is 7.13. The van der Waals surface area contributed by atoms with E-state index in [-0.39, 0.29) is 24.4 Å². The minimum atomic E-state index is -0.355. The lowest BCUT2D eigenvalue weighted by atomic mass is 10.2. The molecule has 0 aromatic rings. The van der Waals surface area contributed by atoms with Gasteiger partial charge < -0.3 is 15.8 Å². The van der Waals surface area contributed by atoms with E-state index in [2.05, 4.69) is 5.32 Å². The Morgan fingerprint density at radius 2 is 2.12 bits per heavy atom. The molecular formula is C11H25ClN2O2S. The number of carbonyl (C=O) groups is 1. The topological polar surface area (TPSA) is 64.3 Å². The van der Waals surface area contributed by atoms with Gasteiger partial charge in [-0.1, -0.05) is 0 Å². The van der Waals surface area contributed by atoms with E-state index in [1.807, 2.05) is 6.26 Å². The smallest absolute Gasteiger partial charge is 0.236 e. The summed E-state index contributed by atoms with van der Waals surface area (Å²) in [6.45, 7) is 1.51. The van der Waals surface area contributed by atoms with Gasteiger partial charge >= 0.3 is 0 Å². The number of hydrogen-bond donors (Lipinski definition) is 2. The number of halogens is 1. The Kier molecular flexibility index (Phi) is 16.1. The standard InChI is InChI=1S/C11H24N2O2S.ClH/c1-15-8-5-3-4-7-13-11(14)10(12)6-9-16-2;/h10H,3-9,12H2,1-2H3,(H,13,14);1H/t10-;/m0./s1. The maximum Gasteiger partial charge on any atom is 0.236 e. The number of amides is 1. The lowest BCUT2D eigenvalue weighted by Crippen LogP contribution is -2.41. The maximum absolute atomic E-state index is 11.5. The summed E-state index contributed by atoms with van der Waals surface area (Å²) in [5.41, 5.74) is 5.72. The quantitative estimate of drug-likeness (QED) is 0.596. The molecule has 0 unspecified atom stereocenters. The van der Waals surface area contributed by atoms with Crippen LogP contribution in [0.2, 0.25) is 0 Å². The summed E-state index contributed by atoms with van der Waals surface area (Å²) < 4.78 is 4.94. The Morgan fingerprint density at radius 1 is 1.41 bits per heavy atom. The molecule has 0 aliphatic carbocycles. The van der Waals surface area contributed by atoms with Crippen LogP contribution in [0.1, 0.15) is 25.7 Å². The van der Waals surface area contributed by atoms with Crippen LogP contribution in [0.15, 0.2) is 0 Å². The van der Waals surface area contributed by atoms with Gasteiger partial charge in [0.25, 0.3) is 0 Å². The van der Waals surface area contributed by atoms with Gasteiger partial charge in [0.1, 0.15) is 0 Å². The minimum Gasteiger partial charge on any atom is -0.385 e. The highest BCUT2D eigenvalue weighted by Gasteiger charge is 2.11. The van der Waals surface area contributed by atoms with Crippen molar-refractivity contribution in [3.63, 3.8) is 0 Å². The molecule has 17 heavy (non-hydrogen) atoms. The monoisotopic (exact) mass is 284 g/mol. The summed E-state index contributed by atoms with van der Waals surface area (Å²) in [6, 6.07) is -0.355. The number of methoxy groups -OCH3 is 1. The molecule has 0 rings (SSSR count). The van der Waals surface area contributed by atoms with Crippen LogP contribution in [-0.4, -0.2) is 44.2 Å². The molecule has 0 radical (unpaired) electrons. The first-order valence-electron chi connectivity index (χ1n) is 5.73. The van der Waals surface area contributed by atoms with Crippen LogP contribution in [-0.2, 0) is 9.53 Å². The number of hydrogen-bond acceptors (Lipinski definition) is 4. The molecule has 0 aromatic carbocycles. The SMILES string of the molecule is COCCCCCNC(=O)[C@@H](N)CCSC.Cl. The summed E-state index contributed by atoms with van der Waals surface area (Å²) in [6.07, 6.45) is 5.88. The van der Waals surface area contributed by atoms with Crippen molar-refractivity contribution < 1.29 is 9.53 Å². The van der Waals surface area contributed by atoms with Gasteiger partial charge in [-0.3, -0.25) is 4.79 Å². The van der Waals surface area contributed by atoms with Gasteiger partial charge in [0.2, 0.25) is 5.91 Å². The third kappa shape index (κ3) is 12.3. The molecule has 6 heteroatoms. The van der Waals surface area contributed by atoms with E-state index in [9.17, 15) is 4.79 Å². The van der Waals surface area contributed by atoms with Crippen molar-refractivity contribution >= 4 is 30.1 Å². The zero-order valence-corrected chi connectivity index (χ0v) is 12.4. The zero-order valence-electron chi connectivity index (χ0n) is 10.7. The number of carbonyl (C=O) groups excluding carboxylic acids is 1. The molecule has 0 aliphatic heterocycles. The summed E-state index contributed by atoms with van der Waals surface area (Å²) in [7, 11) is 1.70. The second kappa shape index (κ2) is 14.1. The molecule has 0 aliphatic rings. The number of ether oxygens (including phenoxy) is 1. The summed E-state index contributed by atoms with van der Waals surface area (Å²) in [5.74, 6) is 0.906. The maximum atomic E-state index is 11.5. The van der Waals surface area contributed by atoms with Crippen LogP contribution in [0.3, 0.4) is 0 Å². The molecule has 0 bridgehead atoms. The summed E-state index contributed by atoms with van der Waals surface area (Å²) in [5, 5.41) is 2.85. The average Bonchev–Trinajstić information content (AvgIpc) is 2.30. The van der Waals surface area contributed by atoms with Crippen molar-refractivity contribution in [1.82, 2.24) is 5.32 Å². The van der Waals surface area contributed by atoms with E-state index < -0.39 is 0 Å². The Bertz CT molecular complexity index is 185. The Hall–Kier alpha value is 0.0300. The highest BCUT2D eigenvalue weighted by Crippen LogP contribution is 1.99. The van der Waals surface area contributed by atoms with Crippen LogP contribution in [0.25, 0.3) is 0 Å². The molecule has 0 spiro atoms. The van der Waals surface area contributed by atoms with Gasteiger partial charge in [-0.15, -0.1) is 12.4 Å². The van der Waals surface area contributed by atoms with Crippen LogP contribution in [0.4, 0.5) is 0 Å². The van der Waals surface area contributed by atoms with Crippen molar-refractivity contribution in [3.8, 4) is 0 Å². The predicted molar refractivity (Wildman–Crippen MR) is 77.0 cm³/mol. The second-order valence-corrected chi connectivity index (χ2v) is 4.72. The predicted octanol–water partition coefficient (Wildman–Crippen LogP) is 1.42. The lowest BCUT2D eigenvalue weighted by Gasteiger charge is -2.11. The first-order chi connectivity index (χ1) is 7.72. The molecule has 0 aromatic heterocycles. The third-order valence-electron chi connectivity index (χ3n) is 2.29. The van der Waals surface area contributed by atoms with E-state index in [1.54, 1.807) is 18.9 Å². The van der Waals surface area contributed by atoms with E-state index >= 15 is 0 Å². The lowest BCUT2D eigenvalue weighted by molar-refractivity contribution is -0.122. The minimum absolute atomic E-state index is 0. The molecule has 0 saturated carbocycles. The third-order valence-corrected chi connectivity index (χ3v) is 2.94. The Labute approximate surface area is 115 Å². The number of nitrogens with one attached hydrogen (secondary N) is 1. The van der Waals surface area contributed by atoms with Crippen LogP contribution < -0.4 is 11.1 Å². The van der Waals surface area contributed by atoms with E-state index in [0.29, 0.717) is 0 Å². The number of rotatable bonds is 10. The normalized spacial score (nSPS) is 11.7. The van der Waals surface area contributed by atoms with Gasteiger partial charge in [-0.05, 0) is 37.7 Å².